The molecule has 0 aliphatic heterocycles. The van der Waals surface area contributed by atoms with Crippen LogP contribution >= 0.6 is 23.4 Å². The van der Waals surface area contributed by atoms with E-state index in [1.54, 1.807) is 19.2 Å². The second-order valence-electron chi connectivity index (χ2n) is 3.49. The van der Waals surface area contributed by atoms with E-state index in [-0.39, 0.29) is 24.1 Å². The summed E-state index contributed by atoms with van der Waals surface area (Å²) >= 11 is 5.61. The third-order valence-electron chi connectivity index (χ3n) is 2.15. The summed E-state index contributed by atoms with van der Waals surface area (Å²) in [7, 11) is 1.64. The van der Waals surface area contributed by atoms with Crippen LogP contribution in [-0.4, -0.2) is 30.8 Å². The molecular weight excluding hydrogens is 301 g/mol. The van der Waals surface area contributed by atoms with Crippen LogP contribution in [0.1, 0.15) is 10.4 Å². The highest BCUT2D eigenvalue weighted by atomic mass is 35.5. The largest absolute Gasteiger partial charge is 0.441 e. The molecule has 8 heteroatoms. The SMILES string of the molecule is CNc1ccc(Cl)cc1C(=O)NCCSC(F)(F)F. The lowest BCUT2D eigenvalue weighted by Gasteiger charge is -2.10. The maximum Gasteiger partial charge on any atom is 0.441 e. The number of nitrogens with one attached hydrogen (secondary N) is 2. The zero-order valence-electron chi connectivity index (χ0n) is 9.97. The van der Waals surface area contributed by atoms with E-state index in [4.69, 9.17) is 11.6 Å². The van der Waals surface area contributed by atoms with Gasteiger partial charge in [0.25, 0.3) is 5.91 Å². The highest BCUT2D eigenvalue weighted by molar-refractivity contribution is 8.00. The number of hydrogen-bond donors (Lipinski definition) is 2. The summed E-state index contributed by atoms with van der Waals surface area (Å²) in [5, 5.41) is 5.61. The van der Waals surface area contributed by atoms with Crippen molar-refractivity contribution in [3.8, 4) is 0 Å². The molecule has 0 fully saturated rings. The van der Waals surface area contributed by atoms with E-state index < -0.39 is 11.4 Å². The molecule has 1 rings (SSSR count). The molecule has 0 bridgehead atoms. The Kier molecular flexibility index (Phi) is 5.81. The Balaban J connectivity index is 2.56. The lowest BCUT2D eigenvalue weighted by molar-refractivity contribution is -0.0327. The summed E-state index contributed by atoms with van der Waals surface area (Å²) in [5.41, 5.74) is -3.42. The number of carbonyl (C=O) groups is 1. The fraction of sp³-hybridized carbons (Fsp3) is 0.364. The van der Waals surface area contributed by atoms with Gasteiger partial charge in [0.1, 0.15) is 0 Å². The minimum atomic E-state index is -4.28. The zero-order valence-corrected chi connectivity index (χ0v) is 11.5. The first-order valence-electron chi connectivity index (χ1n) is 5.29. The first-order chi connectivity index (χ1) is 8.83. The van der Waals surface area contributed by atoms with Crippen molar-refractivity contribution in [3.05, 3.63) is 28.8 Å². The third kappa shape index (κ3) is 5.61. The van der Waals surface area contributed by atoms with E-state index in [1.807, 2.05) is 0 Å². The molecule has 1 amide bonds. The molecule has 1 aromatic carbocycles. The fourth-order valence-electron chi connectivity index (χ4n) is 1.35. The van der Waals surface area contributed by atoms with Crippen molar-refractivity contribution in [2.45, 2.75) is 5.51 Å². The molecule has 0 saturated heterocycles. The highest BCUT2D eigenvalue weighted by Crippen LogP contribution is 2.29. The van der Waals surface area contributed by atoms with E-state index >= 15 is 0 Å². The highest BCUT2D eigenvalue weighted by Gasteiger charge is 2.27. The molecule has 0 unspecified atom stereocenters. The number of anilines is 1. The second kappa shape index (κ2) is 6.91. The normalized spacial score (nSPS) is 11.2. The van der Waals surface area contributed by atoms with Gasteiger partial charge >= 0.3 is 5.51 Å². The average molecular weight is 313 g/mol. The molecule has 0 heterocycles. The Morgan fingerprint density at radius 3 is 2.68 bits per heavy atom. The van der Waals surface area contributed by atoms with Crippen molar-refractivity contribution in [2.75, 3.05) is 24.7 Å². The van der Waals surface area contributed by atoms with Crippen molar-refractivity contribution in [3.63, 3.8) is 0 Å². The summed E-state index contributed by atoms with van der Waals surface area (Å²) in [6.07, 6.45) is 0. The van der Waals surface area contributed by atoms with Crippen LogP contribution in [0.25, 0.3) is 0 Å². The summed E-state index contributed by atoms with van der Waals surface area (Å²) < 4.78 is 35.7. The van der Waals surface area contributed by atoms with Crippen molar-refractivity contribution in [1.82, 2.24) is 5.32 Å². The molecule has 0 spiro atoms. The summed E-state index contributed by atoms with van der Waals surface area (Å²) in [5.74, 6) is -0.695. The van der Waals surface area contributed by atoms with E-state index in [1.165, 1.54) is 6.07 Å². The van der Waals surface area contributed by atoms with Gasteiger partial charge in [-0.15, -0.1) is 0 Å². The van der Waals surface area contributed by atoms with Crippen LogP contribution in [0.5, 0.6) is 0 Å². The lowest BCUT2D eigenvalue weighted by atomic mass is 10.1. The first kappa shape index (κ1) is 16.0. The monoisotopic (exact) mass is 312 g/mol. The first-order valence-corrected chi connectivity index (χ1v) is 6.66. The van der Waals surface area contributed by atoms with Crippen molar-refractivity contribution < 1.29 is 18.0 Å². The smallest absolute Gasteiger partial charge is 0.387 e. The molecule has 3 nitrogen and oxygen atoms in total. The molecule has 2 N–H and O–H groups in total. The Morgan fingerprint density at radius 2 is 2.11 bits per heavy atom. The van der Waals surface area contributed by atoms with Gasteiger partial charge in [-0.25, -0.2) is 0 Å². The quantitative estimate of drug-likeness (QED) is 0.819. The second-order valence-corrected chi connectivity index (χ2v) is 5.09. The van der Waals surface area contributed by atoms with Gasteiger partial charge < -0.3 is 10.6 Å². The Morgan fingerprint density at radius 1 is 1.42 bits per heavy atom. The zero-order chi connectivity index (χ0) is 14.5. The lowest BCUT2D eigenvalue weighted by Crippen LogP contribution is -2.27. The molecule has 0 aliphatic rings. The van der Waals surface area contributed by atoms with Gasteiger partial charge in [0.05, 0.1) is 5.56 Å². The molecule has 0 saturated carbocycles. The van der Waals surface area contributed by atoms with Gasteiger partial charge in [-0.2, -0.15) is 13.2 Å². The van der Waals surface area contributed by atoms with Gasteiger partial charge in [-0.05, 0) is 30.0 Å². The number of carbonyl (C=O) groups excluding carboxylic acids is 1. The molecule has 0 aliphatic carbocycles. The van der Waals surface area contributed by atoms with Gasteiger partial charge in [0, 0.05) is 30.1 Å². The standard InChI is InChI=1S/C11H12ClF3N2OS/c1-16-9-3-2-7(12)6-8(9)10(18)17-4-5-19-11(13,14)15/h2-3,6,16H,4-5H2,1H3,(H,17,18). The van der Waals surface area contributed by atoms with E-state index in [0.29, 0.717) is 16.3 Å². The van der Waals surface area contributed by atoms with Gasteiger partial charge in [0.15, 0.2) is 0 Å². The van der Waals surface area contributed by atoms with Crippen LogP contribution in [0, 0.1) is 0 Å². The minimum absolute atomic E-state index is 0.0708. The Hall–Kier alpha value is -1.08. The number of alkyl halides is 3. The number of halogens is 4. The van der Waals surface area contributed by atoms with Gasteiger partial charge in [-0.3, -0.25) is 4.79 Å². The maximum atomic E-state index is 11.9. The number of amides is 1. The maximum absolute atomic E-state index is 11.9. The summed E-state index contributed by atoms with van der Waals surface area (Å²) in [4.78, 5) is 11.8. The Bertz CT molecular complexity index is 454. The van der Waals surface area contributed by atoms with Crippen LogP contribution in [-0.2, 0) is 0 Å². The van der Waals surface area contributed by atoms with Crippen LogP contribution in [0.4, 0.5) is 18.9 Å². The van der Waals surface area contributed by atoms with Crippen LogP contribution in [0.2, 0.25) is 5.02 Å². The third-order valence-corrected chi connectivity index (χ3v) is 3.12. The summed E-state index contributed by atoms with van der Waals surface area (Å²) in [6.45, 7) is -0.0708. The number of rotatable bonds is 5. The average Bonchev–Trinajstić information content (AvgIpc) is 2.33. The van der Waals surface area contributed by atoms with E-state index in [2.05, 4.69) is 10.6 Å². The molecule has 106 valence electrons. The molecule has 0 aromatic heterocycles. The summed E-state index contributed by atoms with van der Waals surface area (Å²) in [6, 6.07) is 4.70. The van der Waals surface area contributed by atoms with E-state index in [9.17, 15) is 18.0 Å². The fourth-order valence-corrected chi connectivity index (χ4v) is 1.96. The molecular formula is C11H12ClF3N2OS. The van der Waals surface area contributed by atoms with Crippen LogP contribution in [0.3, 0.4) is 0 Å². The molecule has 1 aromatic rings. The topological polar surface area (TPSA) is 41.1 Å². The molecule has 19 heavy (non-hydrogen) atoms. The molecule has 0 radical (unpaired) electrons. The predicted octanol–water partition coefficient (Wildman–Crippen LogP) is 3.36. The van der Waals surface area contributed by atoms with Crippen molar-refractivity contribution in [1.29, 1.82) is 0 Å². The van der Waals surface area contributed by atoms with Crippen molar-refractivity contribution in [2.24, 2.45) is 0 Å². The number of thioether (sulfide) groups is 1. The predicted molar refractivity (Wildman–Crippen MR) is 71.8 cm³/mol. The molecule has 0 atom stereocenters. The van der Waals surface area contributed by atoms with Crippen LogP contribution < -0.4 is 10.6 Å². The number of hydrogen-bond acceptors (Lipinski definition) is 3. The Labute approximate surface area is 117 Å². The van der Waals surface area contributed by atoms with E-state index in [0.717, 1.165) is 0 Å². The minimum Gasteiger partial charge on any atom is -0.387 e. The van der Waals surface area contributed by atoms with Crippen molar-refractivity contribution >= 4 is 35.0 Å². The van der Waals surface area contributed by atoms with Gasteiger partial charge in [-0.1, -0.05) is 11.6 Å². The van der Waals surface area contributed by atoms with Gasteiger partial charge in [0.2, 0.25) is 0 Å². The number of benzene rings is 1. The van der Waals surface area contributed by atoms with Crippen LogP contribution in [0.15, 0.2) is 18.2 Å².